The molecule has 1 aliphatic heterocycles. The molecule has 6 heteroatoms. The number of carbonyl (C=O) groups excluding carboxylic acids is 1. The van der Waals surface area contributed by atoms with Gasteiger partial charge in [0.25, 0.3) is 0 Å². The fourth-order valence-electron chi connectivity index (χ4n) is 2.45. The Hall–Kier alpha value is -0.910. The molecule has 1 saturated carbocycles. The van der Waals surface area contributed by atoms with E-state index >= 15 is 0 Å². The lowest BCUT2D eigenvalue weighted by Crippen LogP contribution is -2.51. The van der Waals surface area contributed by atoms with Crippen molar-refractivity contribution >= 4 is 23.8 Å². The second-order valence-electron chi connectivity index (χ2n) is 6.21. The fourth-order valence-corrected chi connectivity index (χ4v) is 4.07. The molecule has 1 saturated heterocycles. The van der Waals surface area contributed by atoms with Gasteiger partial charge in [-0.25, -0.2) is 9.59 Å². The van der Waals surface area contributed by atoms with Gasteiger partial charge in [-0.3, -0.25) is 4.90 Å². The third kappa shape index (κ3) is 3.40. The van der Waals surface area contributed by atoms with Crippen molar-refractivity contribution in [2.75, 3.05) is 19.3 Å². The molecule has 114 valence electrons. The summed E-state index contributed by atoms with van der Waals surface area (Å²) < 4.78 is 0. The molecule has 0 spiro atoms. The molecular weight excluding hydrogens is 276 g/mol. The number of rotatable bonds is 5. The molecule has 2 amide bonds. The van der Waals surface area contributed by atoms with Gasteiger partial charge in [-0.1, -0.05) is 13.8 Å². The van der Waals surface area contributed by atoms with Crippen LogP contribution in [0.2, 0.25) is 0 Å². The van der Waals surface area contributed by atoms with Crippen LogP contribution < -0.4 is 0 Å². The number of thioether (sulfide) groups is 1. The van der Waals surface area contributed by atoms with Crippen LogP contribution in [0, 0.1) is 11.8 Å². The Morgan fingerprint density at radius 3 is 2.55 bits per heavy atom. The number of carboxylic acids is 1. The van der Waals surface area contributed by atoms with E-state index < -0.39 is 12.0 Å². The third-order valence-electron chi connectivity index (χ3n) is 3.93. The van der Waals surface area contributed by atoms with E-state index in [1.54, 1.807) is 28.6 Å². The highest BCUT2D eigenvalue weighted by molar-refractivity contribution is 8.00. The minimum Gasteiger partial charge on any atom is -0.480 e. The Labute approximate surface area is 124 Å². The molecule has 1 aliphatic carbocycles. The minimum atomic E-state index is -0.883. The van der Waals surface area contributed by atoms with Gasteiger partial charge in [-0.05, 0) is 31.1 Å². The average Bonchev–Trinajstić information content (AvgIpc) is 3.13. The number of hydrogen-bond acceptors (Lipinski definition) is 3. The van der Waals surface area contributed by atoms with Gasteiger partial charge in [-0.2, -0.15) is 0 Å². The zero-order chi connectivity index (χ0) is 14.9. The van der Waals surface area contributed by atoms with Crippen LogP contribution in [0.5, 0.6) is 0 Å². The normalized spacial score (nSPS) is 26.1. The van der Waals surface area contributed by atoms with Crippen LogP contribution in [0.25, 0.3) is 0 Å². The fraction of sp³-hybridized carbons (Fsp3) is 0.857. The Morgan fingerprint density at radius 1 is 1.40 bits per heavy atom. The summed E-state index contributed by atoms with van der Waals surface area (Å²) in [6.07, 6.45) is 3.17. The van der Waals surface area contributed by atoms with Crippen molar-refractivity contribution < 1.29 is 14.7 Å². The predicted molar refractivity (Wildman–Crippen MR) is 79.7 cm³/mol. The van der Waals surface area contributed by atoms with E-state index in [9.17, 15) is 14.7 Å². The summed E-state index contributed by atoms with van der Waals surface area (Å²) in [6.45, 7) is 4.93. The molecule has 1 heterocycles. The van der Waals surface area contributed by atoms with Gasteiger partial charge in [0, 0.05) is 19.3 Å². The lowest BCUT2D eigenvalue weighted by atomic mass is 10.1. The number of amides is 2. The van der Waals surface area contributed by atoms with Crippen LogP contribution in [-0.4, -0.2) is 57.7 Å². The predicted octanol–water partition coefficient (Wildman–Crippen LogP) is 2.32. The molecular formula is C14H24N2O3S. The molecule has 2 atom stereocenters. The van der Waals surface area contributed by atoms with Crippen molar-refractivity contribution in [1.82, 2.24) is 9.80 Å². The first-order valence-electron chi connectivity index (χ1n) is 7.29. The summed E-state index contributed by atoms with van der Waals surface area (Å²) in [4.78, 5) is 27.3. The van der Waals surface area contributed by atoms with Gasteiger partial charge in [0.05, 0.1) is 5.37 Å². The summed E-state index contributed by atoms with van der Waals surface area (Å²) in [5.41, 5.74) is 0. The second-order valence-corrected chi connectivity index (χ2v) is 7.36. The Balaban J connectivity index is 2.04. The number of nitrogens with zero attached hydrogens (tertiary/aromatic N) is 2. The van der Waals surface area contributed by atoms with Crippen molar-refractivity contribution in [3.63, 3.8) is 0 Å². The summed E-state index contributed by atoms with van der Waals surface area (Å²) in [5.74, 6) is 0.658. The maximum atomic E-state index is 12.6. The van der Waals surface area contributed by atoms with Gasteiger partial charge >= 0.3 is 12.0 Å². The lowest BCUT2D eigenvalue weighted by Gasteiger charge is -2.32. The number of carbonyl (C=O) groups is 2. The minimum absolute atomic E-state index is 0.0603. The monoisotopic (exact) mass is 300 g/mol. The molecule has 0 bridgehead atoms. The first-order chi connectivity index (χ1) is 9.41. The highest BCUT2D eigenvalue weighted by Gasteiger charge is 2.48. The molecule has 5 nitrogen and oxygen atoms in total. The van der Waals surface area contributed by atoms with E-state index in [0.717, 1.165) is 19.3 Å². The SMILES string of the molecule is CC(C)CCN(C)C(=O)N1C(C(=O)O)CSC1C1CC1. The van der Waals surface area contributed by atoms with Gasteiger partial charge in [-0.15, -0.1) is 11.8 Å². The molecule has 20 heavy (non-hydrogen) atoms. The van der Waals surface area contributed by atoms with Crippen molar-refractivity contribution in [2.24, 2.45) is 11.8 Å². The average molecular weight is 300 g/mol. The molecule has 0 aromatic heterocycles. The van der Waals surface area contributed by atoms with E-state index in [0.29, 0.717) is 24.1 Å². The van der Waals surface area contributed by atoms with Crippen molar-refractivity contribution in [3.05, 3.63) is 0 Å². The van der Waals surface area contributed by atoms with Crippen molar-refractivity contribution in [3.8, 4) is 0 Å². The van der Waals surface area contributed by atoms with Crippen LogP contribution in [0.4, 0.5) is 4.79 Å². The molecule has 0 aromatic carbocycles. The Morgan fingerprint density at radius 2 is 2.05 bits per heavy atom. The van der Waals surface area contributed by atoms with Crippen LogP contribution in [0.1, 0.15) is 33.1 Å². The van der Waals surface area contributed by atoms with Crippen LogP contribution >= 0.6 is 11.8 Å². The number of hydrogen-bond donors (Lipinski definition) is 1. The molecule has 2 aliphatic rings. The molecule has 1 N–H and O–H groups in total. The summed E-state index contributed by atoms with van der Waals surface area (Å²) in [5, 5.41) is 9.39. The summed E-state index contributed by atoms with van der Waals surface area (Å²) in [7, 11) is 1.77. The number of aliphatic carboxylic acids is 1. The van der Waals surface area contributed by atoms with E-state index in [4.69, 9.17) is 0 Å². The highest BCUT2D eigenvalue weighted by Crippen LogP contribution is 2.45. The third-order valence-corrected chi connectivity index (χ3v) is 5.40. The maximum Gasteiger partial charge on any atom is 0.327 e. The van der Waals surface area contributed by atoms with Gasteiger partial charge in [0.1, 0.15) is 6.04 Å². The van der Waals surface area contributed by atoms with Crippen LogP contribution in [-0.2, 0) is 4.79 Å². The van der Waals surface area contributed by atoms with E-state index in [1.165, 1.54) is 0 Å². The molecule has 0 radical (unpaired) electrons. The highest BCUT2D eigenvalue weighted by atomic mass is 32.2. The van der Waals surface area contributed by atoms with Gasteiger partial charge in [0.2, 0.25) is 0 Å². The van der Waals surface area contributed by atoms with Gasteiger partial charge in [0.15, 0.2) is 0 Å². The Bertz CT molecular complexity index is 385. The largest absolute Gasteiger partial charge is 0.480 e. The van der Waals surface area contributed by atoms with E-state index in [2.05, 4.69) is 13.8 Å². The second kappa shape index (κ2) is 6.24. The summed E-state index contributed by atoms with van der Waals surface area (Å²) >= 11 is 1.63. The zero-order valence-corrected chi connectivity index (χ0v) is 13.2. The standard InChI is InChI=1S/C14H24N2O3S/c1-9(2)6-7-15(3)14(19)16-11(13(17)18)8-20-12(16)10-4-5-10/h9-12H,4-8H2,1-3H3,(H,17,18). The maximum absolute atomic E-state index is 12.6. The Kier molecular flexibility index (Phi) is 4.83. The van der Waals surface area contributed by atoms with E-state index in [-0.39, 0.29) is 11.4 Å². The van der Waals surface area contributed by atoms with Crippen molar-refractivity contribution in [2.45, 2.75) is 44.5 Å². The molecule has 2 rings (SSSR count). The van der Waals surface area contributed by atoms with Crippen LogP contribution in [0.15, 0.2) is 0 Å². The van der Waals surface area contributed by atoms with Crippen LogP contribution in [0.3, 0.4) is 0 Å². The number of urea groups is 1. The van der Waals surface area contributed by atoms with Crippen molar-refractivity contribution in [1.29, 1.82) is 0 Å². The molecule has 2 fully saturated rings. The smallest absolute Gasteiger partial charge is 0.327 e. The van der Waals surface area contributed by atoms with Gasteiger partial charge < -0.3 is 10.0 Å². The lowest BCUT2D eigenvalue weighted by molar-refractivity contribution is -0.141. The number of carboxylic acid groups (broad SMARTS) is 1. The topological polar surface area (TPSA) is 60.9 Å². The van der Waals surface area contributed by atoms with E-state index in [1.807, 2.05) is 0 Å². The first-order valence-corrected chi connectivity index (χ1v) is 8.34. The quantitative estimate of drug-likeness (QED) is 0.846. The first kappa shape index (κ1) is 15.5. The zero-order valence-electron chi connectivity index (χ0n) is 12.4. The molecule has 0 aromatic rings. The summed E-state index contributed by atoms with van der Waals surface area (Å²) in [6, 6.07) is -0.792. The molecule has 2 unspecified atom stereocenters.